The highest BCUT2D eigenvalue weighted by atomic mass is 16.7. The summed E-state index contributed by atoms with van der Waals surface area (Å²) in [5.41, 5.74) is -4.36. The number of likely N-dealkylation sites (N-methyl/N-ethyl adjacent to an activating group) is 1. The molecular formula is C84H131N5O24. The number of nitrogens with zero attached hydrogens (tertiary/aromatic N) is 4. The highest BCUT2D eigenvalue weighted by molar-refractivity contribution is 6.21. The van der Waals surface area contributed by atoms with Crippen LogP contribution in [0.25, 0.3) is 10.8 Å². The van der Waals surface area contributed by atoms with Crippen molar-refractivity contribution in [2.45, 2.75) is 297 Å². The molecule has 0 aliphatic carbocycles. The number of aromatic hydroxyl groups is 2. The number of hydrogen-bond donors (Lipinski definition) is 9. The monoisotopic (exact) mass is 1590 g/mol. The van der Waals surface area contributed by atoms with Crippen molar-refractivity contribution >= 4 is 45.9 Å². The Kier molecular flexibility index (Phi) is 30.1. The molecule has 7 heterocycles. The van der Waals surface area contributed by atoms with Crippen molar-refractivity contribution < 1.29 is 117 Å². The second kappa shape index (κ2) is 36.8. The summed E-state index contributed by atoms with van der Waals surface area (Å²) in [7, 11) is 8.23. The fourth-order valence-electron chi connectivity index (χ4n) is 17.8. The van der Waals surface area contributed by atoms with Crippen LogP contribution in [0.3, 0.4) is 0 Å². The quantitative estimate of drug-likeness (QED) is 0.0749. The molecule has 29 heteroatoms. The maximum Gasteiger partial charge on any atom is 0.312 e. The number of carbonyl (C=O) groups is 5. The second-order valence-electron chi connectivity index (χ2n) is 34.6. The van der Waals surface area contributed by atoms with Crippen molar-refractivity contribution in [3.8, 4) is 17.2 Å². The number of ketones is 2. The molecule has 4 saturated heterocycles. The van der Waals surface area contributed by atoms with Crippen LogP contribution in [0, 0.1) is 60.2 Å². The number of anilines is 1. The predicted octanol–water partition coefficient (Wildman–Crippen LogP) is 7.19. The fourth-order valence-corrected chi connectivity index (χ4v) is 17.8. The lowest BCUT2D eigenvalue weighted by molar-refractivity contribution is -0.319. The van der Waals surface area contributed by atoms with Crippen LogP contribution in [-0.2, 0) is 66.5 Å². The van der Waals surface area contributed by atoms with Gasteiger partial charge in [-0.3, -0.25) is 29.0 Å². The number of phenolic OH excluding ortho intramolecular Hbond substituents is 2. The number of amides is 1. The summed E-state index contributed by atoms with van der Waals surface area (Å²) in [6.45, 7) is 36.6. The van der Waals surface area contributed by atoms with Gasteiger partial charge in [-0.25, -0.2) is 4.99 Å². The van der Waals surface area contributed by atoms with E-state index in [9.17, 15) is 64.8 Å². The van der Waals surface area contributed by atoms with Crippen LogP contribution in [-0.4, -0.2) is 255 Å². The van der Waals surface area contributed by atoms with E-state index in [2.05, 4.69) is 29.1 Å². The summed E-state index contributed by atoms with van der Waals surface area (Å²) in [6.07, 6.45) is -3.66. The number of piperidine rings is 1. The van der Waals surface area contributed by atoms with Gasteiger partial charge in [0.1, 0.15) is 63.7 Å². The van der Waals surface area contributed by atoms with E-state index in [-0.39, 0.29) is 86.9 Å². The van der Waals surface area contributed by atoms with E-state index >= 15 is 0 Å². The molecule has 0 aromatic heterocycles. The number of fused-ring (bicyclic) bond motifs is 1. The van der Waals surface area contributed by atoms with Crippen molar-refractivity contribution in [1.29, 1.82) is 0 Å². The summed E-state index contributed by atoms with van der Waals surface area (Å²) in [5, 5.41) is 96.1. The molecule has 2 aromatic rings. The standard InChI is InChI=1S/C46H62N4O11.C38H69NO13/c1-22(2)21-50-18-16-46(17-19-50)48-34-31-32-39(54)28(8)42-33(31)43(56)45(10,61-42)59-20-15-30(58-11)25(5)41(60-29(9)51)27(7)38(53)26(6)37(52)23(3)13-12-14-24(4)44(57)47-36(40(32)55)35(34)49-46;1-15-26-38(10,45)31(42)21(4)28(40)19(2)17-37(9,47-14)33(52-35-29(41)25(39(11)12)16-20(3)48-35)22(5)30(23(6)34(44)50-26)51-27-18-36(8,46-13)32(43)24(7)49-27/h12-15,20,22-23,25-27,30,37-38,41,48,52-55H,16-19,21H2,1-11H3;19-27,29-33,35,41-43,45H,15-18H2,1-14H3/b13-12+,20-15+,24-14-,47-36?;/t23-,25+,26+,27+,30-,37-,38+,41+,45-;19-,20-,21+,22+,23-,24+,25+,26-,27+,29-,30+,31-,32+,33-,35+,36-,37-,38-/m01/s1. The fraction of sp³-hybridized carbons (Fsp3) is 0.750. The number of phenols is 2. The molecular weight excluding hydrogens is 1460 g/mol. The number of likely N-dealkylation sites (tertiary alicyclic amines) is 1. The number of aliphatic hydroxyl groups is 6. The van der Waals surface area contributed by atoms with Gasteiger partial charge in [0, 0.05) is 138 Å². The van der Waals surface area contributed by atoms with Gasteiger partial charge in [-0.2, -0.15) is 0 Å². The van der Waals surface area contributed by atoms with E-state index in [4.69, 9.17) is 57.1 Å². The Labute approximate surface area is 665 Å². The van der Waals surface area contributed by atoms with Crippen molar-refractivity contribution in [2.75, 3.05) is 60.4 Å². The molecule has 29 nitrogen and oxygen atoms in total. The van der Waals surface area contributed by atoms with Gasteiger partial charge in [-0.1, -0.05) is 87.5 Å². The number of carbonyl (C=O) groups excluding carboxylic acids is 5. The molecule has 1 spiro atoms. The lowest BCUT2D eigenvalue weighted by Crippen LogP contribution is -2.61. The summed E-state index contributed by atoms with van der Waals surface area (Å²) in [6, 6.07) is -0.283. The van der Waals surface area contributed by atoms with Gasteiger partial charge in [0.05, 0.1) is 88.9 Å². The Morgan fingerprint density at radius 2 is 1.40 bits per heavy atom. The van der Waals surface area contributed by atoms with Crippen LogP contribution in [0.5, 0.6) is 17.2 Å². The van der Waals surface area contributed by atoms with Gasteiger partial charge in [0.25, 0.3) is 11.7 Å². The first-order valence-electron chi connectivity index (χ1n) is 40.1. The van der Waals surface area contributed by atoms with E-state index in [1.807, 2.05) is 32.8 Å². The number of esters is 2. The molecule has 9 rings (SSSR count). The van der Waals surface area contributed by atoms with Crippen molar-refractivity contribution in [3.05, 3.63) is 58.0 Å². The minimum atomic E-state index is -1.96. The topological polar surface area (TPSA) is 392 Å². The smallest absolute Gasteiger partial charge is 0.312 e. The van der Waals surface area contributed by atoms with Gasteiger partial charge in [0.2, 0.25) is 0 Å². The van der Waals surface area contributed by atoms with E-state index in [0.717, 1.165) is 19.6 Å². The number of aliphatic hydroxyl groups excluding tert-OH is 5. The van der Waals surface area contributed by atoms with Crippen LogP contribution in [0.2, 0.25) is 0 Å². The van der Waals surface area contributed by atoms with Gasteiger partial charge >= 0.3 is 17.7 Å². The van der Waals surface area contributed by atoms with E-state index in [1.54, 1.807) is 114 Å². The number of Topliss-reactive ketones (excluding diaryl/α,β-unsaturated/α-hetero) is 2. The Hall–Kier alpha value is -6.13. The number of ether oxygens (including phenoxy) is 11. The third-order valence-electron chi connectivity index (χ3n) is 25.2. The minimum Gasteiger partial charge on any atom is -0.507 e. The number of rotatable bonds is 12. The SMILES string of the molecule is CC[C@H]1OC(=O)[C@H](C)[C@@H](O[C@H]2C[C@@](C)(OC)[C@@H](O)[C@H](C)O2)[C@H](C)[C@@H](O[C@@H]2O[C@H](C)C[C@H](N(C)C)[C@H]2O)[C@](C)(OC)C[C@@H](C)C(=O)[C@H](C)[C@@H](O)[C@]1(C)O.CO[C@H]1/C=C/O[C@@]2(C)Oc3c(C)c(O)c4c(O)c(c5c(c4c3C2=O)NC2(CCN(CC(C)C)CC2)N=5)=NC(=O)/C(C)=C\C=C\[C@H](C)[C@H](O)[C@@H](C)[C@@H](O)[C@@H](C)[C@H](OC(C)=O)[C@@H]1C. The third kappa shape index (κ3) is 19.2. The van der Waals surface area contributed by atoms with Gasteiger partial charge in [-0.05, 0) is 101 Å². The molecule has 27 atom stereocenters. The van der Waals surface area contributed by atoms with Crippen LogP contribution >= 0.6 is 0 Å². The Morgan fingerprint density at radius 1 is 0.761 bits per heavy atom. The first-order chi connectivity index (χ1) is 52.6. The van der Waals surface area contributed by atoms with Gasteiger partial charge in [-0.15, -0.1) is 0 Å². The van der Waals surface area contributed by atoms with Crippen molar-refractivity contribution in [3.63, 3.8) is 0 Å². The van der Waals surface area contributed by atoms with Crippen LogP contribution < -0.4 is 20.8 Å². The van der Waals surface area contributed by atoms with Crippen molar-refractivity contribution in [1.82, 2.24) is 9.80 Å². The van der Waals surface area contributed by atoms with E-state index in [1.165, 1.54) is 48.4 Å². The second-order valence-corrected chi connectivity index (χ2v) is 34.6. The normalized spacial score (nSPS) is 40.2. The Morgan fingerprint density at radius 3 is 1.98 bits per heavy atom. The lowest BCUT2D eigenvalue weighted by Gasteiger charge is -2.50. The van der Waals surface area contributed by atoms with E-state index in [0.29, 0.717) is 30.9 Å². The van der Waals surface area contributed by atoms with Gasteiger partial charge in [0.15, 0.2) is 18.3 Å². The van der Waals surface area contributed by atoms with Crippen LogP contribution in [0.4, 0.5) is 5.69 Å². The molecule has 7 aliphatic rings. The molecule has 2 aromatic carbocycles. The largest absolute Gasteiger partial charge is 0.507 e. The predicted molar refractivity (Wildman–Crippen MR) is 419 cm³/mol. The average Bonchev–Trinajstić information content (AvgIpc) is 1.55. The van der Waals surface area contributed by atoms with Crippen LogP contribution in [0.1, 0.15) is 186 Å². The molecule has 0 unspecified atom stereocenters. The van der Waals surface area contributed by atoms with Crippen molar-refractivity contribution in [2.24, 2.45) is 63.2 Å². The Bertz CT molecular complexity index is 3950. The molecule has 636 valence electrons. The highest BCUT2D eigenvalue weighted by Crippen LogP contribution is 2.52. The summed E-state index contributed by atoms with van der Waals surface area (Å²) >= 11 is 0. The number of cyclic esters (lactones) is 1. The van der Waals surface area contributed by atoms with Crippen LogP contribution in [0.15, 0.2) is 46.1 Å². The number of hydrogen-bond acceptors (Lipinski definition) is 28. The summed E-state index contributed by atoms with van der Waals surface area (Å²) in [5.74, 6) is -11.0. The van der Waals surface area contributed by atoms with E-state index < -0.39 is 185 Å². The number of nitrogens with one attached hydrogen (secondary N) is 1. The number of allylic oxidation sites excluding steroid dienone is 2. The molecule has 7 aliphatic heterocycles. The van der Waals surface area contributed by atoms with Gasteiger partial charge < -0.3 is 108 Å². The molecule has 0 radical (unpaired) electrons. The summed E-state index contributed by atoms with van der Waals surface area (Å²) < 4.78 is 67.9. The maximum atomic E-state index is 14.7. The molecule has 0 saturated carbocycles. The zero-order chi connectivity index (χ0) is 84.5. The maximum absolute atomic E-state index is 14.7. The molecule has 4 fully saturated rings. The third-order valence-corrected chi connectivity index (χ3v) is 25.2. The lowest BCUT2D eigenvalue weighted by atomic mass is 9.74. The first-order valence-corrected chi connectivity index (χ1v) is 40.1. The number of benzene rings is 2. The highest BCUT2D eigenvalue weighted by Gasteiger charge is 2.56. The first kappa shape index (κ1) is 92.4. The summed E-state index contributed by atoms with van der Waals surface area (Å²) in [4.78, 5) is 83.0. The minimum absolute atomic E-state index is 0.0538. The number of methoxy groups -OCH3 is 3. The Balaban J connectivity index is 0.000000287. The molecule has 9 N–H and O–H groups in total. The molecule has 4 bridgehead atoms. The zero-order valence-corrected chi connectivity index (χ0v) is 71.0. The average molecular weight is 1590 g/mol. The zero-order valence-electron chi connectivity index (χ0n) is 71.0. The molecule has 113 heavy (non-hydrogen) atoms. The molecule has 1 amide bonds.